The first-order valence-electron chi connectivity index (χ1n) is 11.1. The molecule has 2 amide bonds. The van der Waals surface area contributed by atoms with E-state index in [1.807, 2.05) is 24.3 Å². The van der Waals surface area contributed by atoms with Crippen molar-refractivity contribution in [2.75, 3.05) is 31.6 Å². The number of rotatable bonds is 6. The van der Waals surface area contributed by atoms with E-state index in [-0.39, 0.29) is 18.2 Å². The van der Waals surface area contributed by atoms with Crippen LogP contribution in [0.3, 0.4) is 0 Å². The van der Waals surface area contributed by atoms with E-state index in [0.717, 1.165) is 25.2 Å². The van der Waals surface area contributed by atoms with Gasteiger partial charge in [0.05, 0.1) is 10.9 Å². The minimum atomic E-state index is -3.39. The second-order valence-corrected chi connectivity index (χ2v) is 11.7. The van der Waals surface area contributed by atoms with Crippen molar-refractivity contribution in [3.05, 3.63) is 24.3 Å². The van der Waals surface area contributed by atoms with E-state index in [1.54, 1.807) is 25.7 Å². The van der Waals surface area contributed by atoms with E-state index >= 15 is 0 Å². The zero-order valence-corrected chi connectivity index (χ0v) is 19.5. The average Bonchev–Trinajstić information content (AvgIpc) is 2.73. The molecule has 0 saturated carbocycles. The van der Waals surface area contributed by atoms with Gasteiger partial charge in [0.15, 0.2) is 0 Å². The maximum Gasteiger partial charge on any atom is 0.321 e. The van der Waals surface area contributed by atoms with Gasteiger partial charge in [0.25, 0.3) is 0 Å². The summed E-state index contributed by atoms with van der Waals surface area (Å²) in [4.78, 5) is 14.3. The number of carbonyl (C=O) groups excluding carboxylic acids is 1. The fourth-order valence-corrected chi connectivity index (χ4v) is 4.59. The molecule has 2 heterocycles. The molecule has 0 radical (unpaired) electrons. The molecule has 0 bridgehead atoms. The molecule has 0 spiro atoms. The molecule has 2 fully saturated rings. The van der Waals surface area contributed by atoms with Gasteiger partial charge in [0, 0.05) is 31.4 Å². The summed E-state index contributed by atoms with van der Waals surface area (Å²) in [6.07, 6.45) is 4.68. The van der Waals surface area contributed by atoms with Gasteiger partial charge in [0.2, 0.25) is 10.0 Å². The summed E-state index contributed by atoms with van der Waals surface area (Å²) in [5.41, 5.74) is 0.696. The van der Waals surface area contributed by atoms with Gasteiger partial charge in [-0.05, 0) is 77.1 Å². The van der Waals surface area contributed by atoms with E-state index < -0.39 is 14.8 Å². The van der Waals surface area contributed by atoms with E-state index in [4.69, 9.17) is 9.47 Å². The molecule has 174 valence electrons. The Kier molecular flexibility index (Phi) is 7.82. The molecule has 9 heteroatoms. The summed E-state index contributed by atoms with van der Waals surface area (Å²) in [5.74, 6) is 0.749. The Hall–Kier alpha value is -1.84. The van der Waals surface area contributed by atoms with Crippen molar-refractivity contribution in [2.45, 2.75) is 69.8 Å². The summed E-state index contributed by atoms with van der Waals surface area (Å²) >= 11 is 0. The van der Waals surface area contributed by atoms with Crippen LogP contribution < -0.4 is 14.8 Å². The molecule has 1 aromatic rings. The summed E-state index contributed by atoms with van der Waals surface area (Å²) in [5, 5.41) is 2.90. The van der Waals surface area contributed by atoms with Gasteiger partial charge in [-0.3, -0.25) is 0 Å². The lowest BCUT2D eigenvalue weighted by Crippen LogP contribution is -2.50. The number of amides is 2. The van der Waals surface area contributed by atoms with Gasteiger partial charge in [-0.15, -0.1) is 0 Å². The Morgan fingerprint density at radius 1 is 1.13 bits per heavy atom. The van der Waals surface area contributed by atoms with Gasteiger partial charge in [-0.25, -0.2) is 17.9 Å². The van der Waals surface area contributed by atoms with Crippen LogP contribution in [-0.2, 0) is 14.8 Å². The third-order valence-electron chi connectivity index (χ3n) is 5.73. The number of nitrogens with zero attached hydrogens (tertiary/aromatic N) is 1. The number of hydrogen-bond acceptors (Lipinski definition) is 5. The molecule has 0 aromatic heterocycles. The number of nitrogens with one attached hydrogen (secondary N) is 2. The van der Waals surface area contributed by atoms with Crippen LogP contribution in [-0.4, -0.2) is 62.5 Å². The predicted molar refractivity (Wildman–Crippen MR) is 121 cm³/mol. The summed E-state index contributed by atoms with van der Waals surface area (Å²) in [6.45, 7) is 7.39. The topological polar surface area (TPSA) is 97.0 Å². The Bertz CT molecular complexity index is 822. The highest BCUT2D eigenvalue weighted by Gasteiger charge is 2.33. The smallest absolute Gasteiger partial charge is 0.321 e. The van der Waals surface area contributed by atoms with Crippen molar-refractivity contribution in [3.8, 4) is 5.75 Å². The second-order valence-electron chi connectivity index (χ2n) is 9.25. The highest BCUT2D eigenvalue weighted by Crippen LogP contribution is 2.21. The van der Waals surface area contributed by atoms with Gasteiger partial charge in [0.1, 0.15) is 12.4 Å². The molecule has 2 saturated heterocycles. The standard InChI is InChI=1S/C22H35N3O5S/c1-22(2,3)31(27,28)24-18-11-13-25(14-12-18)21(26)23-17-7-9-19(10-8-17)30-16-20-6-4-5-15-29-20/h7-10,18,20,24H,4-6,11-16H2,1-3H3,(H,23,26). The maximum absolute atomic E-state index is 12.6. The van der Waals surface area contributed by atoms with E-state index in [1.165, 1.54) is 6.42 Å². The Morgan fingerprint density at radius 3 is 2.39 bits per heavy atom. The van der Waals surface area contributed by atoms with Crippen LogP contribution in [0.25, 0.3) is 0 Å². The average molecular weight is 454 g/mol. The molecule has 3 rings (SSSR count). The number of carbonyl (C=O) groups is 1. The zero-order valence-electron chi connectivity index (χ0n) is 18.7. The molecule has 1 unspecified atom stereocenters. The van der Waals surface area contributed by atoms with Crippen LogP contribution in [0.1, 0.15) is 52.9 Å². The molecular formula is C22H35N3O5S. The first-order chi connectivity index (χ1) is 14.6. The quantitative estimate of drug-likeness (QED) is 0.689. The van der Waals surface area contributed by atoms with E-state index in [0.29, 0.717) is 38.2 Å². The lowest BCUT2D eigenvalue weighted by atomic mass is 10.1. The van der Waals surface area contributed by atoms with Crippen LogP contribution in [0.2, 0.25) is 0 Å². The van der Waals surface area contributed by atoms with Crippen molar-refractivity contribution in [2.24, 2.45) is 0 Å². The van der Waals surface area contributed by atoms with Crippen molar-refractivity contribution in [1.82, 2.24) is 9.62 Å². The fraction of sp³-hybridized carbons (Fsp3) is 0.682. The molecule has 2 aliphatic heterocycles. The minimum Gasteiger partial charge on any atom is -0.491 e. The molecule has 2 aliphatic rings. The molecule has 2 N–H and O–H groups in total. The molecular weight excluding hydrogens is 418 g/mol. The minimum absolute atomic E-state index is 0.141. The Morgan fingerprint density at radius 2 is 1.81 bits per heavy atom. The molecule has 31 heavy (non-hydrogen) atoms. The van der Waals surface area contributed by atoms with Gasteiger partial charge in [-0.1, -0.05) is 0 Å². The van der Waals surface area contributed by atoms with E-state index in [9.17, 15) is 13.2 Å². The number of sulfonamides is 1. The Balaban J connectivity index is 1.42. The summed E-state index contributed by atoms with van der Waals surface area (Å²) < 4.78 is 38.0. The normalized spacial score (nSPS) is 21.0. The lowest BCUT2D eigenvalue weighted by molar-refractivity contribution is -0.0110. The van der Waals surface area contributed by atoms with Crippen LogP contribution >= 0.6 is 0 Å². The maximum atomic E-state index is 12.6. The molecule has 0 aliphatic carbocycles. The Labute approximate surface area is 185 Å². The van der Waals surface area contributed by atoms with Crippen molar-refractivity contribution in [1.29, 1.82) is 0 Å². The van der Waals surface area contributed by atoms with E-state index in [2.05, 4.69) is 10.0 Å². The highest BCUT2D eigenvalue weighted by atomic mass is 32.2. The van der Waals surface area contributed by atoms with Gasteiger partial charge < -0.3 is 19.7 Å². The van der Waals surface area contributed by atoms with Gasteiger partial charge in [-0.2, -0.15) is 0 Å². The fourth-order valence-electron chi connectivity index (χ4n) is 3.56. The van der Waals surface area contributed by atoms with Crippen molar-refractivity contribution < 1.29 is 22.7 Å². The number of benzene rings is 1. The SMILES string of the molecule is CC(C)(C)S(=O)(=O)NC1CCN(C(=O)Nc2ccc(OCC3CCCCO3)cc2)CC1. The predicted octanol–water partition coefficient (Wildman–Crippen LogP) is 3.35. The third kappa shape index (κ3) is 6.82. The third-order valence-corrected chi connectivity index (χ3v) is 7.98. The molecule has 8 nitrogen and oxygen atoms in total. The number of likely N-dealkylation sites (tertiary alicyclic amines) is 1. The highest BCUT2D eigenvalue weighted by molar-refractivity contribution is 7.90. The van der Waals surface area contributed by atoms with Crippen LogP contribution in [0.5, 0.6) is 5.75 Å². The summed E-state index contributed by atoms with van der Waals surface area (Å²) in [7, 11) is -3.39. The van der Waals surface area contributed by atoms with Crippen molar-refractivity contribution >= 4 is 21.7 Å². The number of hydrogen-bond donors (Lipinski definition) is 2. The van der Waals surface area contributed by atoms with Gasteiger partial charge >= 0.3 is 6.03 Å². The first-order valence-corrected chi connectivity index (χ1v) is 12.5. The first kappa shape index (κ1) is 23.8. The lowest BCUT2D eigenvalue weighted by Gasteiger charge is -2.33. The molecule has 1 atom stereocenters. The largest absolute Gasteiger partial charge is 0.491 e. The van der Waals surface area contributed by atoms with Crippen LogP contribution in [0.4, 0.5) is 10.5 Å². The zero-order chi connectivity index (χ0) is 22.5. The number of anilines is 1. The number of ether oxygens (including phenoxy) is 2. The molecule has 1 aromatic carbocycles. The second kappa shape index (κ2) is 10.2. The number of piperidine rings is 1. The van der Waals surface area contributed by atoms with Crippen LogP contribution in [0, 0.1) is 0 Å². The number of urea groups is 1. The van der Waals surface area contributed by atoms with Crippen LogP contribution in [0.15, 0.2) is 24.3 Å². The van der Waals surface area contributed by atoms with Crippen molar-refractivity contribution in [3.63, 3.8) is 0 Å². The monoisotopic (exact) mass is 453 g/mol. The summed E-state index contributed by atoms with van der Waals surface area (Å²) in [6, 6.07) is 7.00.